The quantitative estimate of drug-likeness (QED) is 0.777. The maximum Gasteiger partial charge on any atom is 0.303 e. The van der Waals surface area contributed by atoms with Crippen molar-refractivity contribution in [2.45, 2.75) is 38.6 Å². The Balaban J connectivity index is 2.05. The number of phenolic OH excluding ortho intramolecular Hbond substituents is 2. The average molecular weight is 293 g/mol. The summed E-state index contributed by atoms with van der Waals surface area (Å²) in [4.78, 5) is 12.9. The van der Waals surface area contributed by atoms with Gasteiger partial charge in [0.2, 0.25) is 0 Å². The molecule has 2 rings (SSSR count). The molecule has 1 fully saturated rings. The molecule has 1 heterocycles. The van der Waals surface area contributed by atoms with E-state index in [2.05, 4.69) is 4.90 Å². The SMILES string of the molecule is CC(c1c(O)cccc1O)N1CCCC(CCC(=O)O)C1. The highest BCUT2D eigenvalue weighted by molar-refractivity contribution is 5.66. The van der Waals surface area contributed by atoms with E-state index in [1.165, 1.54) is 0 Å². The number of hydrogen-bond acceptors (Lipinski definition) is 4. The van der Waals surface area contributed by atoms with Gasteiger partial charge in [-0.05, 0) is 50.8 Å². The van der Waals surface area contributed by atoms with Crippen LogP contribution in [0.5, 0.6) is 11.5 Å². The Morgan fingerprint density at radius 2 is 2.05 bits per heavy atom. The van der Waals surface area contributed by atoms with Crippen LogP contribution in [0.3, 0.4) is 0 Å². The lowest BCUT2D eigenvalue weighted by atomic mass is 9.91. The highest BCUT2D eigenvalue weighted by Crippen LogP contribution is 2.37. The van der Waals surface area contributed by atoms with Crippen molar-refractivity contribution < 1.29 is 20.1 Å². The van der Waals surface area contributed by atoms with Gasteiger partial charge in [-0.25, -0.2) is 0 Å². The number of carboxylic acids is 1. The zero-order valence-corrected chi connectivity index (χ0v) is 12.3. The monoisotopic (exact) mass is 293 g/mol. The number of likely N-dealkylation sites (tertiary alicyclic amines) is 1. The van der Waals surface area contributed by atoms with E-state index < -0.39 is 5.97 Å². The summed E-state index contributed by atoms with van der Waals surface area (Å²) < 4.78 is 0. The van der Waals surface area contributed by atoms with Crippen molar-refractivity contribution in [2.24, 2.45) is 5.92 Å². The van der Waals surface area contributed by atoms with Crippen molar-refractivity contribution in [3.05, 3.63) is 23.8 Å². The molecular weight excluding hydrogens is 270 g/mol. The average Bonchev–Trinajstić information content (AvgIpc) is 2.45. The minimum Gasteiger partial charge on any atom is -0.507 e. The van der Waals surface area contributed by atoms with E-state index in [0.717, 1.165) is 25.9 Å². The summed E-state index contributed by atoms with van der Waals surface area (Å²) in [5.41, 5.74) is 0.552. The van der Waals surface area contributed by atoms with E-state index in [1.54, 1.807) is 18.2 Å². The van der Waals surface area contributed by atoms with Gasteiger partial charge in [0.25, 0.3) is 0 Å². The molecule has 116 valence electrons. The van der Waals surface area contributed by atoms with E-state index in [-0.39, 0.29) is 24.0 Å². The summed E-state index contributed by atoms with van der Waals surface area (Å²) in [6.45, 7) is 3.68. The summed E-state index contributed by atoms with van der Waals surface area (Å²) in [5.74, 6) is -0.172. The van der Waals surface area contributed by atoms with Crippen LogP contribution in [0, 0.1) is 5.92 Å². The maximum absolute atomic E-state index is 10.7. The Kier molecular flexibility index (Phi) is 5.07. The summed E-state index contributed by atoms with van der Waals surface area (Å²) in [5, 5.41) is 28.7. The molecule has 21 heavy (non-hydrogen) atoms. The van der Waals surface area contributed by atoms with Crippen LogP contribution in [0.25, 0.3) is 0 Å². The van der Waals surface area contributed by atoms with Crippen molar-refractivity contribution in [3.63, 3.8) is 0 Å². The predicted octanol–water partition coefficient (Wildman–Crippen LogP) is 2.74. The van der Waals surface area contributed by atoms with Gasteiger partial charge in [-0.1, -0.05) is 6.07 Å². The summed E-state index contributed by atoms with van der Waals surface area (Å²) >= 11 is 0. The third-order valence-electron chi connectivity index (χ3n) is 4.34. The van der Waals surface area contributed by atoms with Gasteiger partial charge < -0.3 is 15.3 Å². The summed E-state index contributed by atoms with van der Waals surface area (Å²) in [7, 11) is 0. The van der Waals surface area contributed by atoms with Crippen molar-refractivity contribution >= 4 is 5.97 Å². The van der Waals surface area contributed by atoms with Crippen molar-refractivity contribution in [1.29, 1.82) is 0 Å². The first-order chi connectivity index (χ1) is 9.99. The fraction of sp³-hybridized carbons (Fsp3) is 0.562. The van der Waals surface area contributed by atoms with E-state index in [1.807, 2.05) is 6.92 Å². The van der Waals surface area contributed by atoms with Crippen LogP contribution in [0.15, 0.2) is 18.2 Å². The van der Waals surface area contributed by atoms with Crippen LogP contribution in [-0.2, 0) is 4.79 Å². The molecule has 0 spiro atoms. The second-order valence-electron chi connectivity index (χ2n) is 5.82. The number of aliphatic carboxylic acids is 1. The van der Waals surface area contributed by atoms with Gasteiger partial charge in [-0.2, -0.15) is 0 Å². The van der Waals surface area contributed by atoms with E-state index in [4.69, 9.17) is 5.11 Å². The molecule has 0 radical (unpaired) electrons. The number of piperidine rings is 1. The molecule has 2 unspecified atom stereocenters. The number of carboxylic acid groups (broad SMARTS) is 1. The van der Waals surface area contributed by atoms with E-state index in [0.29, 0.717) is 17.9 Å². The van der Waals surface area contributed by atoms with Crippen LogP contribution >= 0.6 is 0 Å². The molecule has 0 aliphatic carbocycles. The number of carbonyl (C=O) groups is 1. The lowest BCUT2D eigenvalue weighted by Gasteiger charge is -2.37. The van der Waals surface area contributed by atoms with Gasteiger partial charge in [0.1, 0.15) is 11.5 Å². The molecule has 1 aliphatic rings. The summed E-state index contributed by atoms with van der Waals surface area (Å²) in [6.07, 6.45) is 2.95. The Morgan fingerprint density at radius 1 is 1.38 bits per heavy atom. The molecule has 1 aliphatic heterocycles. The van der Waals surface area contributed by atoms with Gasteiger partial charge in [0.15, 0.2) is 0 Å². The first kappa shape index (κ1) is 15.6. The smallest absolute Gasteiger partial charge is 0.303 e. The minimum atomic E-state index is -0.751. The molecular formula is C16H23NO4. The highest BCUT2D eigenvalue weighted by atomic mass is 16.4. The Labute approximate surface area is 124 Å². The van der Waals surface area contributed by atoms with Gasteiger partial charge in [-0.15, -0.1) is 0 Å². The number of nitrogens with zero attached hydrogens (tertiary/aromatic N) is 1. The third-order valence-corrected chi connectivity index (χ3v) is 4.34. The minimum absolute atomic E-state index is 0.0844. The van der Waals surface area contributed by atoms with Gasteiger partial charge in [-0.3, -0.25) is 9.69 Å². The van der Waals surface area contributed by atoms with Gasteiger partial charge in [0.05, 0.1) is 5.56 Å². The first-order valence-electron chi connectivity index (χ1n) is 7.45. The number of rotatable bonds is 5. The maximum atomic E-state index is 10.7. The second kappa shape index (κ2) is 6.80. The zero-order valence-electron chi connectivity index (χ0n) is 12.3. The predicted molar refractivity (Wildman–Crippen MR) is 79.4 cm³/mol. The molecule has 0 saturated carbocycles. The molecule has 1 aromatic carbocycles. The zero-order chi connectivity index (χ0) is 15.4. The number of hydrogen-bond donors (Lipinski definition) is 3. The van der Waals surface area contributed by atoms with E-state index in [9.17, 15) is 15.0 Å². The lowest BCUT2D eigenvalue weighted by Crippen LogP contribution is -2.37. The standard InChI is InChI=1S/C16H23NO4/c1-11(16-13(18)5-2-6-14(16)19)17-9-3-4-12(10-17)7-8-15(20)21/h2,5-6,11-12,18-19H,3-4,7-10H2,1H3,(H,20,21). The Bertz CT molecular complexity index is 483. The molecule has 5 heteroatoms. The molecule has 1 aromatic rings. The molecule has 0 bridgehead atoms. The van der Waals surface area contributed by atoms with E-state index >= 15 is 0 Å². The van der Waals surface area contributed by atoms with Crippen LogP contribution in [0.1, 0.15) is 44.2 Å². The first-order valence-corrected chi connectivity index (χ1v) is 7.45. The Morgan fingerprint density at radius 3 is 2.67 bits per heavy atom. The number of phenols is 2. The molecule has 1 saturated heterocycles. The highest BCUT2D eigenvalue weighted by Gasteiger charge is 2.27. The van der Waals surface area contributed by atoms with Crippen LogP contribution in [0.2, 0.25) is 0 Å². The third kappa shape index (κ3) is 3.88. The number of aromatic hydroxyl groups is 2. The van der Waals surface area contributed by atoms with Crippen LogP contribution in [0.4, 0.5) is 0 Å². The van der Waals surface area contributed by atoms with Gasteiger partial charge >= 0.3 is 5.97 Å². The van der Waals surface area contributed by atoms with Crippen LogP contribution in [-0.4, -0.2) is 39.3 Å². The van der Waals surface area contributed by atoms with Crippen molar-refractivity contribution in [3.8, 4) is 11.5 Å². The normalized spacial score (nSPS) is 21.1. The molecule has 0 amide bonds. The lowest BCUT2D eigenvalue weighted by molar-refractivity contribution is -0.137. The second-order valence-corrected chi connectivity index (χ2v) is 5.82. The fourth-order valence-corrected chi connectivity index (χ4v) is 3.16. The number of benzene rings is 1. The molecule has 3 N–H and O–H groups in total. The van der Waals surface area contributed by atoms with Crippen LogP contribution < -0.4 is 0 Å². The Hall–Kier alpha value is -1.75. The molecule has 5 nitrogen and oxygen atoms in total. The largest absolute Gasteiger partial charge is 0.507 e. The summed E-state index contributed by atoms with van der Waals surface area (Å²) in [6, 6.07) is 4.69. The topological polar surface area (TPSA) is 81.0 Å². The fourth-order valence-electron chi connectivity index (χ4n) is 3.16. The van der Waals surface area contributed by atoms with Crippen molar-refractivity contribution in [1.82, 2.24) is 4.90 Å². The molecule has 0 aromatic heterocycles. The van der Waals surface area contributed by atoms with Crippen molar-refractivity contribution in [2.75, 3.05) is 13.1 Å². The molecule has 2 atom stereocenters. The van der Waals surface area contributed by atoms with Gasteiger partial charge in [0, 0.05) is 19.0 Å².